The Kier molecular flexibility index (Phi) is 4.41. The van der Waals surface area contributed by atoms with E-state index in [2.05, 4.69) is 0 Å². The number of ketones is 1. The zero-order chi connectivity index (χ0) is 13.8. The van der Waals surface area contributed by atoms with Gasteiger partial charge in [-0.3, -0.25) is 4.79 Å². The van der Waals surface area contributed by atoms with Crippen molar-refractivity contribution in [3.8, 4) is 5.75 Å². The van der Waals surface area contributed by atoms with Crippen molar-refractivity contribution in [2.75, 3.05) is 7.11 Å². The van der Waals surface area contributed by atoms with E-state index in [0.717, 1.165) is 35.3 Å². The quantitative estimate of drug-likeness (QED) is 0.594. The van der Waals surface area contributed by atoms with Gasteiger partial charge in [0.2, 0.25) is 0 Å². The van der Waals surface area contributed by atoms with Crippen LogP contribution in [0.3, 0.4) is 0 Å². The van der Waals surface area contributed by atoms with Crippen LogP contribution in [-0.4, -0.2) is 12.9 Å². The van der Waals surface area contributed by atoms with Gasteiger partial charge in [-0.25, -0.2) is 0 Å². The number of carbonyl (C=O) groups is 1. The number of ether oxygens (including phenoxy) is 1. The Morgan fingerprint density at radius 2 is 1.79 bits per heavy atom. The van der Waals surface area contributed by atoms with Gasteiger partial charge >= 0.3 is 0 Å². The molecule has 102 valence electrons. The van der Waals surface area contributed by atoms with Gasteiger partial charge < -0.3 is 4.74 Å². The van der Waals surface area contributed by atoms with E-state index >= 15 is 0 Å². The summed E-state index contributed by atoms with van der Waals surface area (Å²) in [5, 5.41) is 0. The molecule has 0 saturated heterocycles. The van der Waals surface area contributed by atoms with Crippen LogP contribution in [-0.2, 0) is 0 Å². The van der Waals surface area contributed by atoms with Crippen LogP contribution in [0.25, 0.3) is 0 Å². The van der Waals surface area contributed by atoms with E-state index in [9.17, 15) is 4.79 Å². The molecule has 0 spiro atoms. The minimum Gasteiger partial charge on any atom is -0.496 e. The summed E-state index contributed by atoms with van der Waals surface area (Å²) in [4.78, 5) is 12.4. The highest BCUT2D eigenvalue weighted by Gasteiger charge is 2.12. The van der Waals surface area contributed by atoms with Gasteiger partial charge in [0.25, 0.3) is 0 Å². The van der Waals surface area contributed by atoms with Gasteiger partial charge in [-0.2, -0.15) is 0 Å². The normalized spacial score (nSPS) is 15.2. The Balaban J connectivity index is 2.26. The summed E-state index contributed by atoms with van der Waals surface area (Å²) >= 11 is 0. The largest absolute Gasteiger partial charge is 0.496 e. The van der Waals surface area contributed by atoms with Gasteiger partial charge in [0.1, 0.15) is 5.75 Å². The highest BCUT2D eigenvalue weighted by Crippen LogP contribution is 2.26. The molecule has 0 unspecified atom stereocenters. The monoisotopic (exact) mass is 258 g/mol. The Hall–Kier alpha value is -1.57. The van der Waals surface area contributed by atoms with Crippen molar-refractivity contribution >= 4 is 5.78 Å². The summed E-state index contributed by atoms with van der Waals surface area (Å²) in [6, 6.07) is 3.89. The summed E-state index contributed by atoms with van der Waals surface area (Å²) in [7, 11) is 1.66. The third-order valence-corrected chi connectivity index (χ3v) is 3.84. The maximum atomic E-state index is 12.4. The number of aryl methyl sites for hydroxylation is 2. The number of carbonyl (C=O) groups excluding carboxylic acids is 1. The first-order valence-corrected chi connectivity index (χ1v) is 7.01. The van der Waals surface area contributed by atoms with Crippen LogP contribution < -0.4 is 4.74 Å². The first kappa shape index (κ1) is 13.9. The van der Waals surface area contributed by atoms with E-state index in [1.807, 2.05) is 32.1 Å². The van der Waals surface area contributed by atoms with Gasteiger partial charge in [0.05, 0.1) is 7.11 Å². The Morgan fingerprint density at radius 1 is 1.11 bits per heavy atom. The second kappa shape index (κ2) is 6.05. The molecule has 1 aromatic carbocycles. The highest BCUT2D eigenvalue weighted by atomic mass is 16.5. The smallest absolute Gasteiger partial charge is 0.186 e. The maximum absolute atomic E-state index is 12.4. The van der Waals surface area contributed by atoms with Crippen molar-refractivity contribution < 1.29 is 9.53 Å². The molecule has 1 aromatic rings. The second-order valence-electron chi connectivity index (χ2n) is 5.36. The molecular formula is C17H22O2. The molecule has 2 nitrogen and oxygen atoms in total. The highest BCUT2D eigenvalue weighted by molar-refractivity contribution is 6.06. The number of allylic oxidation sites excluding steroid dienone is 2. The predicted octanol–water partition coefficient (Wildman–Crippen LogP) is 4.39. The molecule has 1 saturated carbocycles. The fourth-order valence-electron chi connectivity index (χ4n) is 2.69. The van der Waals surface area contributed by atoms with Crippen LogP contribution in [0.15, 0.2) is 23.8 Å². The maximum Gasteiger partial charge on any atom is 0.186 e. The standard InChI is InChI=1S/C17H22O2/c1-12-10-17(19-3)13(2)9-15(12)16(18)11-14-7-5-4-6-8-14/h9-11H,4-8H2,1-3H3. The number of methoxy groups -OCH3 is 1. The average Bonchev–Trinajstić information content (AvgIpc) is 2.42. The molecule has 1 aliphatic carbocycles. The van der Waals surface area contributed by atoms with E-state index in [1.165, 1.54) is 24.8 Å². The predicted molar refractivity (Wildman–Crippen MR) is 78.0 cm³/mol. The molecule has 2 rings (SSSR count). The summed E-state index contributed by atoms with van der Waals surface area (Å²) in [5.74, 6) is 0.986. The van der Waals surface area contributed by atoms with Crippen molar-refractivity contribution in [1.82, 2.24) is 0 Å². The van der Waals surface area contributed by atoms with Crippen LogP contribution in [0, 0.1) is 13.8 Å². The minimum atomic E-state index is 0.139. The number of rotatable bonds is 3. The second-order valence-corrected chi connectivity index (χ2v) is 5.36. The average molecular weight is 258 g/mol. The molecule has 0 bridgehead atoms. The Bertz CT molecular complexity index is 504. The molecule has 0 aliphatic heterocycles. The fraction of sp³-hybridized carbons (Fsp3) is 0.471. The van der Waals surface area contributed by atoms with Crippen molar-refractivity contribution in [2.24, 2.45) is 0 Å². The molecule has 0 heterocycles. The number of hydrogen-bond donors (Lipinski definition) is 0. The van der Waals surface area contributed by atoms with E-state index in [4.69, 9.17) is 4.74 Å². The molecule has 0 amide bonds. The molecular weight excluding hydrogens is 236 g/mol. The van der Waals surface area contributed by atoms with Crippen LogP contribution in [0.2, 0.25) is 0 Å². The third kappa shape index (κ3) is 3.25. The number of benzene rings is 1. The van der Waals surface area contributed by atoms with Gasteiger partial charge in [-0.1, -0.05) is 12.0 Å². The molecule has 1 aliphatic rings. The van der Waals surface area contributed by atoms with Crippen LogP contribution in [0.5, 0.6) is 5.75 Å². The van der Waals surface area contributed by atoms with E-state index in [0.29, 0.717) is 0 Å². The topological polar surface area (TPSA) is 26.3 Å². The molecule has 1 fully saturated rings. The molecule has 0 radical (unpaired) electrons. The number of hydrogen-bond acceptors (Lipinski definition) is 2. The third-order valence-electron chi connectivity index (χ3n) is 3.84. The van der Waals surface area contributed by atoms with Crippen LogP contribution >= 0.6 is 0 Å². The van der Waals surface area contributed by atoms with E-state index < -0.39 is 0 Å². The molecule has 0 N–H and O–H groups in total. The molecule has 19 heavy (non-hydrogen) atoms. The Morgan fingerprint density at radius 3 is 2.42 bits per heavy atom. The lowest BCUT2D eigenvalue weighted by molar-refractivity contribution is 0.104. The summed E-state index contributed by atoms with van der Waals surface area (Å²) < 4.78 is 5.28. The molecule has 0 aromatic heterocycles. The van der Waals surface area contributed by atoms with Gasteiger partial charge in [-0.15, -0.1) is 0 Å². The summed E-state index contributed by atoms with van der Waals surface area (Å²) in [6.45, 7) is 3.94. The lowest BCUT2D eigenvalue weighted by atomic mass is 9.92. The van der Waals surface area contributed by atoms with Crippen molar-refractivity contribution in [1.29, 1.82) is 0 Å². The van der Waals surface area contributed by atoms with Gasteiger partial charge in [0.15, 0.2) is 5.78 Å². The zero-order valence-electron chi connectivity index (χ0n) is 12.1. The van der Waals surface area contributed by atoms with Crippen LogP contribution in [0.1, 0.15) is 53.6 Å². The first-order chi connectivity index (χ1) is 9.11. The van der Waals surface area contributed by atoms with Gasteiger partial charge in [-0.05, 0) is 68.9 Å². The van der Waals surface area contributed by atoms with E-state index in [-0.39, 0.29) is 5.78 Å². The summed E-state index contributed by atoms with van der Waals surface area (Å²) in [6.07, 6.45) is 7.76. The van der Waals surface area contributed by atoms with Crippen molar-refractivity contribution in [2.45, 2.75) is 46.0 Å². The van der Waals surface area contributed by atoms with Crippen molar-refractivity contribution in [3.63, 3.8) is 0 Å². The first-order valence-electron chi connectivity index (χ1n) is 7.01. The van der Waals surface area contributed by atoms with Crippen molar-refractivity contribution in [3.05, 3.63) is 40.5 Å². The molecule has 0 atom stereocenters. The lowest BCUT2D eigenvalue weighted by Gasteiger charge is -2.14. The molecule has 2 heteroatoms. The minimum absolute atomic E-state index is 0.139. The summed E-state index contributed by atoms with van der Waals surface area (Å²) in [5.41, 5.74) is 4.11. The fourth-order valence-corrected chi connectivity index (χ4v) is 2.69. The van der Waals surface area contributed by atoms with E-state index in [1.54, 1.807) is 7.11 Å². The SMILES string of the molecule is COc1cc(C)c(C(=O)C=C2CCCCC2)cc1C. The van der Waals surface area contributed by atoms with Crippen LogP contribution in [0.4, 0.5) is 0 Å². The van der Waals surface area contributed by atoms with Gasteiger partial charge in [0, 0.05) is 5.56 Å². The lowest BCUT2D eigenvalue weighted by Crippen LogP contribution is -2.03. The zero-order valence-corrected chi connectivity index (χ0v) is 12.1. The Labute approximate surface area is 115 Å².